The summed E-state index contributed by atoms with van der Waals surface area (Å²) in [7, 11) is 2.05. The molecule has 2 nitrogen and oxygen atoms in total. The molecule has 1 atom stereocenters. The Hall–Kier alpha value is -1.02. The molecule has 19 heavy (non-hydrogen) atoms. The van der Waals surface area contributed by atoms with E-state index in [0.717, 1.165) is 31.6 Å². The molecule has 0 aromatic heterocycles. The van der Waals surface area contributed by atoms with E-state index in [1.54, 1.807) is 0 Å². The van der Waals surface area contributed by atoms with E-state index in [-0.39, 0.29) is 5.41 Å². The highest BCUT2D eigenvalue weighted by Crippen LogP contribution is 2.40. The number of hydrogen-bond donors (Lipinski definition) is 1. The Balaban J connectivity index is 2.62. The van der Waals surface area contributed by atoms with Crippen LogP contribution in [-0.2, 0) is 11.8 Å². The second kappa shape index (κ2) is 5.54. The van der Waals surface area contributed by atoms with Crippen molar-refractivity contribution in [2.24, 2.45) is 0 Å². The fourth-order valence-electron chi connectivity index (χ4n) is 2.81. The molecule has 106 valence electrons. The molecular weight excluding hydrogens is 234 g/mol. The molecule has 1 unspecified atom stereocenters. The van der Waals surface area contributed by atoms with Crippen molar-refractivity contribution in [1.29, 1.82) is 0 Å². The van der Waals surface area contributed by atoms with Gasteiger partial charge in [-0.15, -0.1) is 0 Å². The van der Waals surface area contributed by atoms with E-state index in [4.69, 9.17) is 4.74 Å². The van der Waals surface area contributed by atoms with Crippen molar-refractivity contribution in [1.82, 2.24) is 5.32 Å². The first-order chi connectivity index (χ1) is 8.97. The third kappa shape index (κ3) is 2.94. The van der Waals surface area contributed by atoms with Crippen LogP contribution in [0.5, 0.6) is 5.75 Å². The van der Waals surface area contributed by atoms with Crippen LogP contribution in [0.15, 0.2) is 12.1 Å². The summed E-state index contributed by atoms with van der Waals surface area (Å²) in [6.07, 6.45) is 3.35. The van der Waals surface area contributed by atoms with Crippen LogP contribution in [0.1, 0.15) is 63.3 Å². The minimum absolute atomic E-state index is 0.123. The summed E-state index contributed by atoms with van der Waals surface area (Å²) < 4.78 is 6.10. The summed E-state index contributed by atoms with van der Waals surface area (Å²) in [5, 5.41) is 3.45. The van der Waals surface area contributed by atoms with Gasteiger partial charge in [0.15, 0.2) is 0 Å². The summed E-state index contributed by atoms with van der Waals surface area (Å²) in [4.78, 5) is 0. The van der Waals surface area contributed by atoms with Crippen LogP contribution in [0.3, 0.4) is 0 Å². The highest BCUT2D eigenvalue weighted by atomic mass is 16.5. The van der Waals surface area contributed by atoms with Crippen LogP contribution in [0.25, 0.3) is 0 Å². The quantitative estimate of drug-likeness (QED) is 0.869. The molecule has 1 aromatic carbocycles. The average Bonchev–Trinajstić information content (AvgIpc) is 2.57. The van der Waals surface area contributed by atoms with Crippen molar-refractivity contribution >= 4 is 0 Å². The maximum absolute atomic E-state index is 6.10. The number of rotatable bonds is 2. The molecule has 1 heterocycles. The van der Waals surface area contributed by atoms with Gasteiger partial charge >= 0.3 is 0 Å². The van der Waals surface area contributed by atoms with Crippen molar-refractivity contribution in [3.8, 4) is 5.75 Å². The fraction of sp³-hybridized carbons (Fsp3) is 0.647. The lowest BCUT2D eigenvalue weighted by Gasteiger charge is -2.27. The van der Waals surface area contributed by atoms with Gasteiger partial charge in [-0.05, 0) is 37.3 Å². The lowest BCUT2D eigenvalue weighted by atomic mass is 9.82. The minimum atomic E-state index is 0.123. The molecule has 0 spiro atoms. The Kier molecular flexibility index (Phi) is 4.19. The van der Waals surface area contributed by atoms with E-state index in [1.807, 2.05) is 0 Å². The number of nitrogens with one attached hydrogen (secondary N) is 1. The maximum Gasteiger partial charge on any atom is 0.127 e. The predicted octanol–water partition coefficient (Wildman–Crippen LogP) is 3.98. The van der Waals surface area contributed by atoms with Crippen LogP contribution in [0.4, 0.5) is 0 Å². The Morgan fingerprint density at radius 1 is 1.32 bits per heavy atom. The molecule has 0 saturated carbocycles. The summed E-state index contributed by atoms with van der Waals surface area (Å²) >= 11 is 0. The van der Waals surface area contributed by atoms with Gasteiger partial charge in [-0.3, -0.25) is 0 Å². The van der Waals surface area contributed by atoms with E-state index in [0.29, 0.717) is 6.04 Å². The first kappa shape index (κ1) is 14.4. The van der Waals surface area contributed by atoms with Crippen LogP contribution >= 0.6 is 0 Å². The molecule has 1 aliphatic rings. The molecule has 0 amide bonds. The number of fused-ring (bicyclic) bond motifs is 1. The number of aryl methyl sites for hydroxylation is 1. The highest BCUT2D eigenvalue weighted by Gasteiger charge is 2.27. The van der Waals surface area contributed by atoms with Gasteiger partial charge in [0, 0.05) is 17.2 Å². The van der Waals surface area contributed by atoms with Gasteiger partial charge in [0.25, 0.3) is 0 Å². The van der Waals surface area contributed by atoms with Crippen molar-refractivity contribution in [2.45, 2.75) is 58.4 Å². The number of benzene rings is 1. The van der Waals surface area contributed by atoms with Gasteiger partial charge in [-0.1, -0.05) is 39.8 Å². The standard InChI is InChI=1S/C17H27NO/c1-6-12-10-13-15(18-5)8-7-9-19-16(13)14(11-12)17(2,3)4/h10-11,15,18H,6-9H2,1-5H3. The molecule has 2 rings (SSSR count). The topological polar surface area (TPSA) is 21.3 Å². The minimum Gasteiger partial charge on any atom is -0.493 e. The molecule has 1 aliphatic heterocycles. The van der Waals surface area contributed by atoms with E-state index < -0.39 is 0 Å². The molecule has 0 aliphatic carbocycles. The first-order valence-corrected chi connectivity index (χ1v) is 7.44. The molecule has 0 radical (unpaired) electrons. The van der Waals surface area contributed by atoms with E-state index in [2.05, 4.69) is 52.2 Å². The summed E-state index contributed by atoms with van der Waals surface area (Å²) in [5.74, 6) is 1.13. The van der Waals surface area contributed by atoms with Crippen molar-refractivity contribution < 1.29 is 4.74 Å². The lowest BCUT2D eigenvalue weighted by molar-refractivity contribution is 0.307. The van der Waals surface area contributed by atoms with Crippen molar-refractivity contribution in [2.75, 3.05) is 13.7 Å². The normalized spacial score (nSPS) is 19.5. The molecular formula is C17H27NO. The zero-order valence-corrected chi connectivity index (χ0v) is 13.0. The van der Waals surface area contributed by atoms with Gasteiger partial charge < -0.3 is 10.1 Å². The van der Waals surface area contributed by atoms with Gasteiger partial charge in [0.2, 0.25) is 0 Å². The molecule has 0 fully saturated rings. The summed E-state index contributed by atoms with van der Waals surface area (Å²) in [6, 6.07) is 5.08. The second-order valence-electron chi connectivity index (χ2n) is 6.50. The van der Waals surface area contributed by atoms with E-state index >= 15 is 0 Å². The van der Waals surface area contributed by atoms with Gasteiger partial charge in [0.05, 0.1) is 6.61 Å². The monoisotopic (exact) mass is 261 g/mol. The number of ether oxygens (including phenoxy) is 1. The third-order valence-corrected chi connectivity index (χ3v) is 4.00. The Labute approximate surface area is 117 Å². The Morgan fingerprint density at radius 3 is 2.63 bits per heavy atom. The smallest absolute Gasteiger partial charge is 0.127 e. The first-order valence-electron chi connectivity index (χ1n) is 7.44. The Bertz CT molecular complexity index is 445. The van der Waals surface area contributed by atoms with Crippen LogP contribution in [0.2, 0.25) is 0 Å². The van der Waals surface area contributed by atoms with Crippen molar-refractivity contribution in [3.63, 3.8) is 0 Å². The molecule has 1 aromatic rings. The molecule has 0 bridgehead atoms. The van der Waals surface area contributed by atoms with Gasteiger partial charge in [-0.25, -0.2) is 0 Å². The van der Waals surface area contributed by atoms with Crippen LogP contribution < -0.4 is 10.1 Å². The third-order valence-electron chi connectivity index (χ3n) is 4.00. The summed E-state index contributed by atoms with van der Waals surface area (Å²) in [6.45, 7) is 9.86. The fourth-order valence-corrected chi connectivity index (χ4v) is 2.81. The average molecular weight is 261 g/mol. The van der Waals surface area contributed by atoms with Crippen molar-refractivity contribution in [3.05, 3.63) is 28.8 Å². The van der Waals surface area contributed by atoms with Crippen LogP contribution in [-0.4, -0.2) is 13.7 Å². The predicted molar refractivity (Wildman–Crippen MR) is 81.0 cm³/mol. The van der Waals surface area contributed by atoms with Gasteiger partial charge in [0.1, 0.15) is 5.75 Å². The largest absolute Gasteiger partial charge is 0.493 e. The number of hydrogen-bond acceptors (Lipinski definition) is 2. The van der Waals surface area contributed by atoms with E-state index in [9.17, 15) is 0 Å². The van der Waals surface area contributed by atoms with Gasteiger partial charge in [-0.2, -0.15) is 0 Å². The van der Waals surface area contributed by atoms with E-state index in [1.165, 1.54) is 16.7 Å². The molecule has 2 heteroatoms. The Morgan fingerprint density at radius 2 is 2.05 bits per heavy atom. The zero-order chi connectivity index (χ0) is 14.0. The SMILES string of the molecule is CCc1cc2c(c(C(C)(C)C)c1)OCCCC2NC. The molecule has 1 N–H and O–H groups in total. The zero-order valence-electron chi connectivity index (χ0n) is 13.0. The van der Waals surface area contributed by atoms with Crippen LogP contribution in [0, 0.1) is 0 Å². The summed E-state index contributed by atoms with van der Waals surface area (Å²) in [5.41, 5.74) is 4.24. The highest BCUT2D eigenvalue weighted by molar-refractivity contribution is 5.50. The molecule has 0 saturated heterocycles. The second-order valence-corrected chi connectivity index (χ2v) is 6.50. The maximum atomic E-state index is 6.10. The lowest BCUT2D eigenvalue weighted by Crippen LogP contribution is -2.19.